The number of hydrogen-bond donors (Lipinski definition) is 0. The van der Waals surface area contributed by atoms with Gasteiger partial charge in [-0.25, -0.2) is 4.79 Å². The summed E-state index contributed by atoms with van der Waals surface area (Å²) in [4.78, 5) is 13.7. The zero-order valence-electron chi connectivity index (χ0n) is 13.0. The van der Waals surface area contributed by atoms with Gasteiger partial charge in [0.1, 0.15) is 11.4 Å². The monoisotopic (exact) mass is 355 g/mol. The standard InChI is InChI=1S/C16H22BrNO3/c1-16(2,3)21-15(19)18(4)10-11-8-9-20-14-12(11)6-5-7-13(14)17/h5-7,11H,8-10H2,1-4H3/t11-/m1/s1. The number of carbonyl (C=O) groups excluding carboxylic acids is 1. The fraction of sp³-hybridized carbons (Fsp3) is 0.562. The van der Waals surface area contributed by atoms with Crippen molar-refractivity contribution in [1.82, 2.24) is 4.90 Å². The Morgan fingerprint density at radius 3 is 2.86 bits per heavy atom. The number of benzene rings is 1. The van der Waals surface area contributed by atoms with Crippen LogP contribution >= 0.6 is 15.9 Å². The molecule has 1 aromatic rings. The molecule has 0 spiro atoms. The Morgan fingerprint density at radius 2 is 2.19 bits per heavy atom. The van der Waals surface area contributed by atoms with E-state index in [2.05, 4.69) is 22.0 Å². The highest BCUT2D eigenvalue weighted by atomic mass is 79.9. The Hall–Kier alpha value is -1.23. The number of likely N-dealkylation sites (N-methyl/N-ethyl adjacent to an activating group) is 1. The van der Waals surface area contributed by atoms with Crippen LogP contribution in [0.4, 0.5) is 4.79 Å². The number of rotatable bonds is 2. The van der Waals surface area contributed by atoms with Crippen LogP contribution in [-0.2, 0) is 4.74 Å². The first-order valence-corrected chi connectivity index (χ1v) is 7.92. The van der Waals surface area contributed by atoms with E-state index in [1.165, 1.54) is 0 Å². The van der Waals surface area contributed by atoms with Gasteiger partial charge in [-0.15, -0.1) is 0 Å². The lowest BCUT2D eigenvalue weighted by Gasteiger charge is -2.31. The van der Waals surface area contributed by atoms with Crippen molar-refractivity contribution in [3.63, 3.8) is 0 Å². The van der Waals surface area contributed by atoms with Crippen molar-refractivity contribution in [3.05, 3.63) is 28.2 Å². The summed E-state index contributed by atoms with van der Waals surface area (Å²) in [5.41, 5.74) is 0.674. The molecule has 0 saturated carbocycles. The van der Waals surface area contributed by atoms with E-state index < -0.39 is 5.60 Å². The number of hydrogen-bond acceptors (Lipinski definition) is 3. The highest BCUT2D eigenvalue weighted by Crippen LogP contribution is 2.39. The van der Waals surface area contributed by atoms with E-state index in [-0.39, 0.29) is 12.0 Å². The summed E-state index contributed by atoms with van der Waals surface area (Å²) in [6.45, 7) is 6.92. The smallest absolute Gasteiger partial charge is 0.410 e. The second kappa shape index (κ2) is 6.26. The molecule has 21 heavy (non-hydrogen) atoms. The van der Waals surface area contributed by atoms with Gasteiger partial charge >= 0.3 is 6.09 Å². The van der Waals surface area contributed by atoms with Crippen molar-refractivity contribution in [1.29, 1.82) is 0 Å². The lowest BCUT2D eigenvalue weighted by atomic mass is 9.93. The van der Waals surface area contributed by atoms with Gasteiger partial charge in [0.2, 0.25) is 0 Å². The molecular formula is C16H22BrNO3. The third kappa shape index (κ3) is 4.13. The lowest BCUT2D eigenvalue weighted by Crippen LogP contribution is -2.37. The molecule has 1 heterocycles. The highest BCUT2D eigenvalue weighted by molar-refractivity contribution is 9.10. The van der Waals surface area contributed by atoms with Crippen LogP contribution in [0.3, 0.4) is 0 Å². The number of ether oxygens (including phenoxy) is 2. The Morgan fingerprint density at radius 1 is 1.48 bits per heavy atom. The Labute approximate surface area is 134 Å². The molecule has 1 amide bonds. The van der Waals surface area contributed by atoms with Crippen LogP contribution in [-0.4, -0.2) is 36.8 Å². The summed E-state index contributed by atoms with van der Waals surface area (Å²) in [6, 6.07) is 6.03. The topological polar surface area (TPSA) is 38.8 Å². The van der Waals surface area contributed by atoms with E-state index >= 15 is 0 Å². The zero-order valence-corrected chi connectivity index (χ0v) is 14.6. The molecule has 1 aliphatic rings. The molecule has 0 saturated heterocycles. The van der Waals surface area contributed by atoms with Gasteiger partial charge in [-0.3, -0.25) is 0 Å². The number of nitrogens with zero attached hydrogens (tertiary/aromatic N) is 1. The zero-order chi connectivity index (χ0) is 15.6. The molecule has 0 N–H and O–H groups in total. The van der Waals surface area contributed by atoms with Gasteiger partial charge in [0, 0.05) is 25.1 Å². The summed E-state index contributed by atoms with van der Waals surface area (Å²) in [5, 5.41) is 0. The fourth-order valence-electron chi connectivity index (χ4n) is 2.39. The summed E-state index contributed by atoms with van der Waals surface area (Å²) < 4.78 is 12.1. The number of fused-ring (bicyclic) bond motifs is 1. The lowest BCUT2D eigenvalue weighted by molar-refractivity contribution is 0.0281. The SMILES string of the molecule is CN(C[C@H]1CCOc2c(Br)cccc21)C(=O)OC(C)(C)C. The van der Waals surface area contributed by atoms with Gasteiger partial charge in [0.15, 0.2) is 0 Å². The maximum absolute atomic E-state index is 12.1. The molecule has 0 bridgehead atoms. The van der Waals surface area contributed by atoms with Crippen molar-refractivity contribution in [3.8, 4) is 5.75 Å². The normalized spacial score (nSPS) is 17.7. The minimum Gasteiger partial charge on any atom is -0.492 e. The molecule has 116 valence electrons. The molecule has 1 atom stereocenters. The van der Waals surface area contributed by atoms with Crippen LogP contribution in [0.15, 0.2) is 22.7 Å². The Balaban J connectivity index is 2.08. The van der Waals surface area contributed by atoms with E-state index in [1.54, 1.807) is 11.9 Å². The molecule has 5 heteroatoms. The molecule has 0 radical (unpaired) electrons. The molecular weight excluding hydrogens is 334 g/mol. The highest BCUT2D eigenvalue weighted by Gasteiger charge is 2.27. The average Bonchev–Trinajstić information content (AvgIpc) is 2.38. The first kappa shape index (κ1) is 16.1. The van der Waals surface area contributed by atoms with E-state index in [1.807, 2.05) is 32.9 Å². The Kier molecular flexibility index (Phi) is 4.81. The van der Waals surface area contributed by atoms with Crippen LogP contribution in [0, 0.1) is 0 Å². The van der Waals surface area contributed by atoms with Crippen molar-refractivity contribution in [2.24, 2.45) is 0 Å². The first-order chi connectivity index (χ1) is 9.78. The largest absolute Gasteiger partial charge is 0.492 e. The number of halogens is 1. The quantitative estimate of drug-likeness (QED) is 0.798. The maximum Gasteiger partial charge on any atom is 0.410 e. The number of carbonyl (C=O) groups is 1. The third-order valence-electron chi connectivity index (χ3n) is 3.35. The van der Waals surface area contributed by atoms with Crippen molar-refractivity contribution in [2.75, 3.05) is 20.2 Å². The van der Waals surface area contributed by atoms with E-state index in [0.717, 1.165) is 22.2 Å². The summed E-state index contributed by atoms with van der Waals surface area (Å²) in [5.74, 6) is 1.16. The van der Waals surface area contributed by atoms with E-state index in [0.29, 0.717) is 13.2 Å². The predicted octanol–water partition coefficient (Wildman–Crippen LogP) is 4.18. The van der Waals surface area contributed by atoms with Crippen LogP contribution < -0.4 is 4.74 Å². The minimum absolute atomic E-state index is 0.267. The second-order valence-electron chi connectivity index (χ2n) is 6.35. The Bertz CT molecular complexity index is 525. The summed E-state index contributed by atoms with van der Waals surface area (Å²) >= 11 is 3.51. The van der Waals surface area contributed by atoms with Gasteiger partial charge in [0.25, 0.3) is 0 Å². The minimum atomic E-state index is -0.470. The van der Waals surface area contributed by atoms with Gasteiger partial charge in [0.05, 0.1) is 11.1 Å². The van der Waals surface area contributed by atoms with Crippen LogP contribution in [0.5, 0.6) is 5.75 Å². The number of amides is 1. The molecule has 0 aliphatic carbocycles. The number of para-hydroxylation sites is 1. The van der Waals surface area contributed by atoms with E-state index in [9.17, 15) is 4.79 Å². The molecule has 4 nitrogen and oxygen atoms in total. The fourth-order valence-corrected chi connectivity index (χ4v) is 2.89. The molecule has 1 aliphatic heterocycles. The third-order valence-corrected chi connectivity index (χ3v) is 3.97. The van der Waals surface area contributed by atoms with Crippen molar-refractivity contribution in [2.45, 2.75) is 38.7 Å². The first-order valence-electron chi connectivity index (χ1n) is 7.13. The van der Waals surface area contributed by atoms with Crippen LogP contribution in [0.2, 0.25) is 0 Å². The van der Waals surface area contributed by atoms with Gasteiger partial charge < -0.3 is 14.4 Å². The van der Waals surface area contributed by atoms with Gasteiger partial charge in [-0.05, 0) is 49.2 Å². The maximum atomic E-state index is 12.1. The van der Waals surface area contributed by atoms with E-state index in [4.69, 9.17) is 9.47 Å². The van der Waals surface area contributed by atoms with Gasteiger partial charge in [-0.2, -0.15) is 0 Å². The summed E-state index contributed by atoms with van der Waals surface area (Å²) in [6.07, 6.45) is 0.613. The predicted molar refractivity (Wildman–Crippen MR) is 85.9 cm³/mol. The summed E-state index contributed by atoms with van der Waals surface area (Å²) in [7, 11) is 1.78. The molecule has 2 rings (SSSR count). The average molecular weight is 356 g/mol. The van der Waals surface area contributed by atoms with Crippen molar-refractivity contribution >= 4 is 22.0 Å². The molecule has 0 unspecified atom stereocenters. The molecule has 0 aromatic heterocycles. The second-order valence-corrected chi connectivity index (χ2v) is 7.21. The molecule has 1 aromatic carbocycles. The van der Waals surface area contributed by atoms with Crippen LogP contribution in [0.25, 0.3) is 0 Å². The van der Waals surface area contributed by atoms with Gasteiger partial charge in [-0.1, -0.05) is 12.1 Å². The van der Waals surface area contributed by atoms with Crippen molar-refractivity contribution < 1.29 is 14.3 Å². The molecule has 0 fully saturated rings. The van der Waals surface area contributed by atoms with Crippen LogP contribution in [0.1, 0.15) is 38.7 Å².